The molecule has 0 bridgehead atoms. The molecular formula is C26H45NO21. The number of aliphatic hydroxyl groups excluding tert-OH is 13. The summed E-state index contributed by atoms with van der Waals surface area (Å²) in [6.07, 6.45) is -33.5. The molecule has 1 amide bonds. The summed E-state index contributed by atoms with van der Waals surface area (Å²) in [5.74, 6) is -0.693. The van der Waals surface area contributed by atoms with Crippen molar-refractivity contribution in [2.75, 3.05) is 26.4 Å². The third kappa shape index (κ3) is 8.08. The van der Waals surface area contributed by atoms with E-state index in [2.05, 4.69) is 5.32 Å². The first kappa shape index (κ1) is 39.5. The van der Waals surface area contributed by atoms with Gasteiger partial charge in [0, 0.05) is 6.92 Å². The molecule has 20 atom stereocenters. The molecule has 4 heterocycles. The molecule has 0 aromatic heterocycles. The Bertz CT molecular complexity index is 1030. The Hall–Kier alpha value is -1.33. The van der Waals surface area contributed by atoms with Crippen LogP contribution in [0.3, 0.4) is 0 Å². The maximum Gasteiger partial charge on any atom is 0.217 e. The van der Waals surface area contributed by atoms with Crippen molar-refractivity contribution in [1.82, 2.24) is 5.32 Å². The van der Waals surface area contributed by atoms with Crippen LogP contribution in [0.4, 0.5) is 0 Å². The Labute approximate surface area is 272 Å². The van der Waals surface area contributed by atoms with Crippen molar-refractivity contribution in [2.24, 2.45) is 0 Å². The van der Waals surface area contributed by atoms with Gasteiger partial charge in [0.05, 0.1) is 26.4 Å². The fourth-order valence-corrected chi connectivity index (χ4v) is 5.95. The summed E-state index contributed by atoms with van der Waals surface area (Å²) in [4.78, 5) is 11.8. The van der Waals surface area contributed by atoms with E-state index in [-0.39, 0.29) is 0 Å². The van der Waals surface area contributed by atoms with E-state index in [4.69, 9.17) is 33.2 Å². The van der Waals surface area contributed by atoms with Crippen LogP contribution in [0.25, 0.3) is 0 Å². The quantitative estimate of drug-likeness (QED) is 0.0947. The molecule has 4 saturated heterocycles. The van der Waals surface area contributed by atoms with Crippen molar-refractivity contribution in [3.63, 3.8) is 0 Å². The van der Waals surface area contributed by atoms with Crippen LogP contribution in [-0.2, 0) is 38.0 Å². The Morgan fingerprint density at radius 3 is 1.48 bits per heavy atom. The van der Waals surface area contributed by atoms with Crippen molar-refractivity contribution >= 4 is 5.91 Å². The van der Waals surface area contributed by atoms with E-state index in [0.29, 0.717) is 0 Å². The molecular weight excluding hydrogens is 662 g/mol. The number of ether oxygens (including phenoxy) is 7. The van der Waals surface area contributed by atoms with E-state index in [1.807, 2.05) is 0 Å². The minimum Gasteiger partial charge on any atom is -0.394 e. The number of amides is 1. The van der Waals surface area contributed by atoms with Crippen molar-refractivity contribution in [3.05, 3.63) is 0 Å². The second-order valence-electron chi connectivity index (χ2n) is 11.9. The largest absolute Gasteiger partial charge is 0.394 e. The topological polar surface area (TPSA) is 357 Å². The summed E-state index contributed by atoms with van der Waals surface area (Å²) in [5, 5.41) is 136. The number of hydrogen-bond donors (Lipinski definition) is 14. The standard InChI is InChI=1S/C26H45NO21/c1-6(32)27-11-14(35)12(33)7(2-28)43-24(11)48-22-13(34)8(3-29)44-26(19(22)40)47-21-10(5-31)45-25(18(39)16(21)37)46-20-9(4-30)42-23(41)17(38)15(20)36/h7-26,28-31,33-41H,2-5H2,1H3,(H,27,32)/t7-,8-,9-,10-,11-,12-,13-,14+,15+,16+,17-,18-,19-,20+,21-,22-,23+,24-,25-,26+/m0/s1. The lowest BCUT2D eigenvalue weighted by atomic mass is 9.95. The van der Waals surface area contributed by atoms with E-state index < -0.39 is 155 Å². The SMILES string of the molecule is CC(=O)N[C@@H]1[C@H](O[C@@H]2[C@H](O)[C@@H](O[C@@H]3[C@H](O)[C@H](O)[C@H](O[C@H]4[C@H](O)[C@H](O)[C@H](O)O[C@H]4CO)O[C@H]3CO)O[C@@H](CO)[C@@H]2O)O[C@@H](CO)[C@H](O)[C@@H]1O. The number of carbonyl (C=O) groups excluding carboxylic acids is 1. The zero-order valence-electron chi connectivity index (χ0n) is 25.5. The molecule has 48 heavy (non-hydrogen) atoms. The highest BCUT2D eigenvalue weighted by Crippen LogP contribution is 2.34. The first-order valence-electron chi connectivity index (χ1n) is 15.1. The van der Waals surface area contributed by atoms with Crippen LogP contribution in [0.15, 0.2) is 0 Å². The van der Waals surface area contributed by atoms with E-state index in [1.54, 1.807) is 0 Å². The van der Waals surface area contributed by atoms with Gasteiger partial charge in [-0.2, -0.15) is 0 Å². The van der Waals surface area contributed by atoms with Gasteiger partial charge < -0.3 is 105 Å². The summed E-state index contributed by atoms with van der Waals surface area (Å²) in [6.45, 7) is -2.35. The summed E-state index contributed by atoms with van der Waals surface area (Å²) >= 11 is 0. The predicted octanol–water partition coefficient (Wildman–Crippen LogP) is -9.61. The summed E-state index contributed by atoms with van der Waals surface area (Å²) in [5.41, 5.74) is 0. The van der Waals surface area contributed by atoms with Crippen LogP contribution < -0.4 is 5.32 Å². The Balaban J connectivity index is 1.51. The third-order valence-electron chi connectivity index (χ3n) is 8.61. The van der Waals surface area contributed by atoms with Crippen LogP contribution >= 0.6 is 0 Å². The molecule has 0 aromatic rings. The molecule has 0 radical (unpaired) electrons. The first-order chi connectivity index (χ1) is 22.7. The van der Waals surface area contributed by atoms with Gasteiger partial charge in [0.25, 0.3) is 0 Å². The average Bonchev–Trinajstić information content (AvgIpc) is 3.06. The van der Waals surface area contributed by atoms with Gasteiger partial charge in [0.1, 0.15) is 97.6 Å². The van der Waals surface area contributed by atoms with Gasteiger partial charge >= 0.3 is 0 Å². The Morgan fingerprint density at radius 2 is 0.938 bits per heavy atom. The molecule has 0 aliphatic carbocycles. The smallest absolute Gasteiger partial charge is 0.217 e. The molecule has 0 saturated carbocycles. The third-order valence-corrected chi connectivity index (χ3v) is 8.61. The highest BCUT2D eigenvalue weighted by molar-refractivity contribution is 5.73. The van der Waals surface area contributed by atoms with Gasteiger partial charge in [-0.3, -0.25) is 4.79 Å². The molecule has 4 aliphatic rings. The fraction of sp³-hybridized carbons (Fsp3) is 0.962. The average molecular weight is 708 g/mol. The Kier molecular flexibility index (Phi) is 13.8. The van der Waals surface area contributed by atoms with Crippen molar-refractivity contribution in [2.45, 2.75) is 130 Å². The number of carbonyl (C=O) groups is 1. The van der Waals surface area contributed by atoms with Gasteiger partial charge in [-0.05, 0) is 0 Å². The molecule has 0 spiro atoms. The molecule has 280 valence electrons. The van der Waals surface area contributed by atoms with Gasteiger partial charge in [-0.25, -0.2) is 0 Å². The van der Waals surface area contributed by atoms with Gasteiger partial charge in [-0.15, -0.1) is 0 Å². The highest BCUT2D eigenvalue weighted by Gasteiger charge is 2.55. The Morgan fingerprint density at radius 1 is 0.500 bits per heavy atom. The van der Waals surface area contributed by atoms with E-state index in [9.17, 15) is 71.2 Å². The van der Waals surface area contributed by atoms with Crippen molar-refractivity contribution in [1.29, 1.82) is 0 Å². The molecule has 4 fully saturated rings. The summed E-state index contributed by atoms with van der Waals surface area (Å²) in [7, 11) is 0. The van der Waals surface area contributed by atoms with Crippen LogP contribution in [0.1, 0.15) is 6.92 Å². The molecule has 22 heteroatoms. The van der Waals surface area contributed by atoms with E-state index in [0.717, 1.165) is 6.92 Å². The monoisotopic (exact) mass is 707 g/mol. The number of hydrogen-bond acceptors (Lipinski definition) is 21. The number of nitrogens with one attached hydrogen (secondary N) is 1. The minimum atomic E-state index is -2.03. The van der Waals surface area contributed by atoms with Crippen LogP contribution in [0.2, 0.25) is 0 Å². The molecule has 22 nitrogen and oxygen atoms in total. The van der Waals surface area contributed by atoms with E-state index >= 15 is 0 Å². The molecule has 0 unspecified atom stereocenters. The lowest BCUT2D eigenvalue weighted by Gasteiger charge is -2.49. The normalized spacial score (nSPS) is 50.2. The van der Waals surface area contributed by atoms with Crippen LogP contribution in [0, 0.1) is 0 Å². The molecule has 4 rings (SSSR count). The maximum atomic E-state index is 11.8. The summed E-state index contributed by atoms with van der Waals surface area (Å²) < 4.78 is 38.4. The first-order valence-corrected chi connectivity index (χ1v) is 15.1. The second kappa shape index (κ2) is 16.8. The zero-order chi connectivity index (χ0) is 35.6. The van der Waals surface area contributed by atoms with Gasteiger partial charge in [-0.1, -0.05) is 0 Å². The fourth-order valence-electron chi connectivity index (χ4n) is 5.95. The van der Waals surface area contributed by atoms with Gasteiger partial charge in [0.15, 0.2) is 25.2 Å². The van der Waals surface area contributed by atoms with Crippen LogP contribution in [-0.4, -0.2) is 221 Å². The lowest BCUT2D eigenvalue weighted by Crippen LogP contribution is -2.69. The second-order valence-corrected chi connectivity index (χ2v) is 11.9. The van der Waals surface area contributed by atoms with Crippen molar-refractivity contribution in [3.8, 4) is 0 Å². The molecule has 0 aromatic carbocycles. The summed E-state index contributed by atoms with van der Waals surface area (Å²) in [6, 6.07) is -1.49. The van der Waals surface area contributed by atoms with Gasteiger partial charge in [0.2, 0.25) is 5.91 Å². The van der Waals surface area contributed by atoms with E-state index in [1.165, 1.54) is 0 Å². The lowest BCUT2D eigenvalue weighted by molar-refractivity contribution is -0.385. The zero-order valence-corrected chi connectivity index (χ0v) is 25.5. The minimum absolute atomic E-state index is 0.693. The predicted molar refractivity (Wildman–Crippen MR) is 145 cm³/mol. The van der Waals surface area contributed by atoms with Crippen LogP contribution in [0.5, 0.6) is 0 Å². The van der Waals surface area contributed by atoms with Crippen molar-refractivity contribution < 1.29 is 104 Å². The number of rotatable bonds is 11. The molecule has 4 aliphatic heterocycles. The molecule has 14 N–H and O–H groups in total. The number of aliphatic hydroxyl groups is 13. The maximum absolute atomic E-state index is 11.8. The highest BCUT2D eigenvalue weighted by atomic mass is 16.8.